The van der Waals surface area contributed by atoms with Crippen LogP contribution in [0.25, 0.3) is 0 Å². The van der Waals surface area contributed by atoms with Crippen LogP contribution >= 0.6 is 11.3 Å². The summed E-state index contributed by atoms with van der Waals surface area (Å²) in [6.45, 7) is 4.65. The Hall–Kier alpha value is -1.90. The van der Waals surface area contributed by atoms with Crippen molar-refractivity contribution in [3.63, 3.8) is 0 Å². The standard InChI is InChI=1S/C16H16FN3S/c17-15-5-1-3-14(13-15)4-2-7-19-8-10-20(11-9-19)16-18-6-12-21-16/h1,3,5-6,12-13H,7-11H2. The summed E-state index contributed by atoms with van der Waals surface area (Å²) in [6, 6.07) is 6.42. The van der Waals surface area contributed by atoms with E-state index < -0.39 is 0 Å². The normalized spacial score (nSPS) is 15.6. The number of thiazole rings is 1. The lowest BCUT2D eigenvalue weighted by atomic mass is 10.2. The van der Waals surface area contributed by atoms with Crippen molar-refractivity contribution in [2.75, 3.05) is 37.6 Å². The first-order valence-electron chi connectivity index (χ1n) is 6.92. The lowest BCUT2D eigenvalue weighted by Crippen LogP contribution is -2.46. The first-order chi connectivity index (χ1) is 10.3. The maximum atomic E-state index is 13.0. The molecule has 0 atom stereocenters. The van der Waals surface area contributed by atoms with Crippen LogP contribution in [0.1, 0.15) is 5.56 Å². The molecule has 1 fully saturated rings. The Balaban J connectivity index is 1.50. The quantitative estimate of drug-likeness (QED) is 0.794. The fourth-order valence-corrected chi connectivity index (χ4v) is 2.99. The van der Waals surface area contributed by atoms with E-state index >= 15 is 0 Å². The van der Waals surface area contributed by atoms with Crippen molar-refractivity contribution >= 4 is 16.5 Å². The van der Waals surface area contributed by atoms with Crippen LogP contribution in [0.3, 0.4) is 0 Å². The van der Waals surface area contributed by atoms with Gasteiger partial charge >= 0.3 is 0 Å². The molecule has 1 saturated heterocycles. The molecule has 0 spiro atoms. The predicted octanol–water partition coefficient (Wildman–Crippen LogP) is 2.46. The molecule has 108 valence electrons. The molecule has 0 radical (unpaired) electrons. The van der Waals surface area contributed by atoms with Gasteiger partial charge in [0, 0.05) is 43.3 Å². The van der Waals surface area contributed by atoms with Crippen molar-refractivity contribution in [2.24, 2.45) is 0 Å². The number of benzene rings is 1. The van der Waals surface area contributed by atoms with Crippen LogP contribution in [-0.2, 0) is 0 Å². The van der Waals surface area contributed by atoms with Crippen molar-refractivity contribution < 1.29 is 4.39 Å². The Morgan fingerprint density at radius 3 is 2.81 bits per heavy atom. The van der Waals surface area contributed by atoms with Crippen LogP contribution in [0.5, 0.6) is 0 Å². The highest BCUT2D eigenvalue weighted by Crippen LogP contribution is 2.18. The van der Waals surface area contributed by atoms with E-state index in [4.69, 9.17) is 0 Å². The summed E-state index contributed by atoms with van der Waals surface area (Å²) >= 11 is 1.68. The van der Waals surface area contributed by atoms with Gasteiger partial charge < -0.3 is 4.90 Å². The molecular weight excluding hydrogens is 285 g/mol. The Labute approximate surface area is 128 Å². The third-order valence-electron chi connectivity index (χ3n) is 3.42. The van der Waals surface area contributed by atoms with E-state index in [1.54, 1.807) is 17.4 Å². The molecule has 2 heterocycles. The lowest BCUT2D eigenvalue weighted by Gasteiger charge is -2.33. The van der Waals surface area contributed by atoms with E-state index in [0.717, 1.165) is 43.4 Å². The Kier molecular flexibility index (Phi) is 4.49. The largest absolute Gasteiger partial charge is 0.346 e. The Bertz CT molecular complexity index is 637. The minimum atomic E-state index is -0.237. The average Bonchev–Trinajstić information content (AvgIpc) is 3.02. The molecule has 1 aliphatic rings. The van der Waals surface area contributed by atoms with Crippen molar-refractivity contribution in [1.29, 1.82) is 0 Å². The second-order valence-corrected chi connectivity index (χ2v) is 5.76. The smallest absolute Gasteiger partial charge is 0.185 e. The topological polar surface area (TPSA) is 19.4 Å². The third kappa shape index (κ3) is 3.81. The molecule has 1 aliphatic heterocycles. The molecule has 0 unspecified atom stereocenters. The van der Waals surface area contributed by atoms with E-state index in [2.05, 4.69) is 26.6 Å². The molecule has 5 heteroatoms. The number of hydrogen-bond donors (Lipinski definition) is 0. The van der Waals surface area contributed by atoms with Gasteiger partial charge in [-0.05, 0) is 18.2 Å². The molecule has 3 nitrogen and oxygen atoms in total. The molecule has 0 N–H and O–H groups in total. The second-order valence-electron chi connectivity index (χ2n) is 4.89. The third-order valence-corrected chi connectivity index (χ3v) is 4.25. The van der Waals surface area contributed by atoms with Gasteiger partial charge in [-0.2, -0.15) is 0 Å². The number of rotatable bonds is 2. The summed E-state index contributed by atoms with van der Waals surface area (Å²) in [6.07, 6.45) is 1.84. The van der Waals surface area contributed by atoms with E-state index in [-0.39, 0.29) is 5.82 Å². The summed E-state index contributed by atoms with van der Waals surface area (Å²) < 4.78 is 13.0. The zero-order valence-electron chi connectivity index (χ0n) is 11.6. The van der Waals surface area contributed by atoms with Gasteiger partial charge in [0.25, 0.3) is 0 Å². The molecule has 21 heavy (non-hydrogen) atoms. The van der Waals surface area contributed by atoms with Crippen LogP contribution in [0.2, 0.25) is 0 Å². The van der Waals surface area contributed by atoms with E-state index in [1.165, 1.54) is 12.1 Å². The first-order valence-corrected chi connectivity index (χ1v) is 7.80. The van der Waals surface area contributed by atoms with Crippen molar-refractivity contribution in [3.8, 4) is 11.8 Å². The molecule has 2 aromatic rings. The summed E-state index contributed by atoms with van der Waals surface area (Å²) in [7, 11) is 0. The maximum Gasteiger partial charge on any atom is 0.185 e. The Morgan fingerprint density at radius 2 is 2.10 bits per heavy atom. The van der Waals surface area contributed by atoms with Crippen LogP contribution in [-0.4, -0.2) is 42.6 Å². The molecular formula is C16H16FN3S. The van der Waals surface area contributed by atoms with Gasteiger partial charge in [0.1, 0.15) is 5.82 Å². The highest BCUT2D eigenvalue weighted by Gasteiger charge is 2.17. The van der Waals surface area contributed by atoms with E-state index in [1.807, 2.05) is 17.6 Å². The van der Waals surface area contributed by atoms with Crippen molar-refractivity contribution in [2.45, 2.75) is 0 Å². The fraction of sp³-hybridized carbons (Fsp3) is 0.312. The number of hydrogen-bond acceptors (Lipinski definition) is 4. The Morgan fingerprint density at radius 1 is 1.24 bits per heavy atom. The van der Waals surface area contributed by atoms with Crippen molar-refractivity contribution in [1.82, 2.24) is 9.88 Å². The zero-order chi connectivity index (χ0) is 14.5. The zero-order valence-corrected chi connectivity index (χ0v) is 12.4. The van der Waals surface area contributed by atoms with E-state index in [9.17, 15) is 4.39 Å². The number of aromatic nitrogens is 1. The van der Waals surface area contributed by atoms with Gasteiger partial charge in [-0.3, -0.25) is 4.90 Å². The van der Waals surface area contributed by atoms with Gasteiger partial charge in [-0.15, -0.1) is 11.3 Å². The number of halogens is 1. The summed E-state index contributed by atoms with van der Waals surface area (Å²) in [5.74, 6) is 5.90. The minimum absolute atomic E-state index is 0.237. The molecule has 0 saturated carbocycles. The maximum absolute atomic E-state index is 13.0. The summed E-state index contributed by atoms with van der Waals surface area (Å²) in [5, 5.41) is 3.10. The SMILES string of the molecule is Fc1cccc(C#CCN2CCN(c3nccs3)CC2)c1. The lowest BCUT2D eigenvalue weighted by molar-refractivity contribution is 0.288. The van der Waals surface area contributed by atoms with Gasteiger partial charge in [-0.1, -0.05) is 17.9 Å². The highest BCUT2D eigenvalue weighted by atomic mass is 32.1. The molecule has 3 rings (SSSR count). The minimum Gasteiger partial charge on any atom is -0.346 e. The molecule has 1 aromatic carbocycles. The van der Waals surface area contributed by atoms with Crippen LogP contribution in [0.4, 0.5) is 9.52 Å². The van der Waals surface area contributed by atoms with Gasteiger partial charge in [-0.25, -0.2) is 9.37 Å². The molecule has 0 bridgehead atoms. The number of piperazine rings is 1. The van der Waals surface area contributed by atoms with Gasteiger partial charge in [0.15, 0.2) is 5.13 Å². The van der Waals surface area contributed by atoms with Gasteiger partial charge in [0.2, 0.25) is 0 Å². The van der Waals surface area contributed by atoms with Gasteiger partial charge in [0.05, 0.1) is 6.54 Å². The fourth-order valence-electron chi connectivity index (χ4n) is 2.29. The van der Waals surface area contributed by atoms with Crippen LogP contribution in [0.15, 0.2) is 35.8 Å². The van der Waals surface area contributed by atoms with E-state index in [0.29, 0.717) is 0 Å². The number of anilines is 1. The predicted molar refractivity (Wildman–Crippen MR) is 84.0 cm³/mol. The van der Waals surface area contributed by atoms with Crippen LogP contribution < -0.4 is 4.90 Å². The highest BCUT2D eigenvalue weighted by molar-refractivity contribution is 7.13. The average molecular weight is 301 g/mol. The number of nitrogens with zero attached hydrogens (tertiary/aromatic N) is 3. The molecule has 0 aliphatic carbocycles. The second kappa shape index (κ2) is 6.70. The van der Waals surface area contributed by atoms with Crippen molar-refractivity contribution in [3.05, 3.63) is 47.2 Å². The van der Waals surface area contributed by atoms with Crippen LogP contribution in [0, 0.1) is 17.7 Å². The molecule has 0 amide bonds. The first kappa shape index (κ1) is 14.1. The molecule has 1 aromatic heterocycles. The summed E-state index contributed by atoms with van der Waals surface area (Å²) in [4.78, 5) is 8.96. The summed E-state index contributed by atoms with van der Waals surface area (Å²) in [5.41, 5.74) is 0.733. The monoisotopic (exact) mass is 301 g/mol.